The van der Waals surface area contributed by atoms with E-state index in [1.165, 1.54) is 6.07 Å². The maximum atomic E-state index is 13.6. The number of benzene rings is 1. The maximum absolute atomic E-state index is 13.6. The molecule has 2 bridgehead atoms. The van der Waals surface area contributed by atoms with E-state index >= 15 is 0 Å². The van der Waals surface area contributed by atoms with Gasteiger partial charge in [-0.05, 0) is 37.3 Å². The fourth-order valence-corrected chi connectivity index (χ4v) is 4.74. The van der Waals surface area contributed by atoms with E-state index in [9.17, 15) is 22.4 Å². The lowest BCUT2D eigenvalue weighted by molar-refractivity contribution is -0.137. The molecule has 1 aromatic carbocycles. The molecule has 1 amide bonds. The third kappa shape index (κ3) is 4.32. The van der Waals surface area contributed by atoms with Gasteiger partial charge in [0.1, 0.15) is 6.10 Å². The van der Waals surface area contributed by atoms with Crippen LogP contribution in [0.5, 0.6) is 5.88 Å². The van der Waals surface area contributed by atoms with Gasteiger partial charge in [0, 0.05) is 24.4 Å². The molecule has 176 valence electrons. The molecule has 0 radical (unpaired) electrons. The summed E-state index contributed by atoms with van der Waals surface area (Å²) in [4.78, 5) is 27.2. The van der Waals surface area contributed by atoms with E-state index in [-0.39, 0.29) is 35.7 Å². The predicted octanol–water partition coefficient (Wildman–Crippen LogP) is 4.77. The van der Waals surface area contributed by atoms with Crippen LogP contribution in [0.3, 0.4) is 0 Å². The zero-order chi connectivity index (χ0) is 23.9. The van der Waals surface area contributed by atoms with Crippen LogP contribution in [-0.2, 0) is 6.18 Å². The molecule has 6 rings (SSSR count). The summed E-state index contributed by atoms with van der Waals surface area (Å²) in [5.41, 5.74) is 0.0466. The van der Waals surface area contributed by atoms with Crippen LogP contribution in [0.15, 0.2) is 55.0 Å². The molecule has 2 saturated heterocycles. The van der Waals surface area contributed by atoms with Crippen molar-refractivity contribution in [1.82, 2.24) is 19.9 Å². The summed E-state index contributed by atoms with van der Waals surface area (Å²) in [6.07, 6.45) is 0.350. The molecule has 34 heavy (non-hydrogen) atoms. The van der Waals surface area contributed by atoms with E-state index in [1.54, 1.807) is 29.2 Å². The van der Waals surface area contributed by atoms with Crippen molar-refractivity contribution in [3.63, 3.8) is 0 Å². The quantitative estimate of drug-likeness (QED) is 0.512. The number of hydrogen-bond acceptors (Lipinski definition) is 5. The fraction of sp³-hybridized carbons (Fsp3) is 0.333. The van der Waals surface area contributed by atoms with E-state index < -0.39 is 17.6 Å². The number of amides is 1. The van der Waals surface area contributed by atoms with Gasteiger partial charge in [-0.2, -0.15) is 13.2 Å². The molecule has 1 aliphatic carbocycles. The van der Waals surface area contributed by atoms with Crippen LogP contribution in [0, 0.1) is 11.7 Å². The molecular formula is C24H20F4N4O2. The lowest BCUT2D eigenvalue weighted by atomic mass is 9.77. The van der Waals surface area contributed by atoms with Crippen molar-refractivity contribution in [1.29, 1.82) is 0 Å². The summed E-state index contributed by atoms with van der Waals surface area (Å²) in [5, 5.41) is 0. The van der Waals surface area contributed by atoms with Crippen molar-refractivity contribution >= 4 is 5.91 Å². The highest BCUT2D eigenvalue weighted by atomic mass is 19.4. The Bertz CT molecular complexity index is 1180. The number of piperidine rings is 2. The summed E-state index contributed by atoms with van der Waals surface area (Å²) in [6.45, 7) is 0.558. The van der Waals surface area contributed by atoms with E-state index in [4.69, 9.17) is 4.74 Å². The summed E-state index contributed by atoms with van der Waals surface area (Å²) in [5.74, 6) is -0.236. The molecule has 2 aromatic heterocycles. The van der Waals surface area contributed by atoms with E-state index in [0.717, 1.165) is 37.5 Å². The Morgan fingerprint density at radius 2 is 1.76 bits per heavy atom. The highest BCUT2D eigenvalue weighted by Crippen LogP contribution is 2.39. The molecule has 2 unspecified atom stereocenters. The Hall–Kier alpha value is -3.56. The smallest absolute Gasteiger partial charge is 0.417 e. The number of pyridine rings is 1. The van der Waals surface area contributed by atoms with Gasteiger partial charge in [-0.15, -0.1) is 0 Å². The second-order valence-electron chi connectivity index (χ2n) is 8.51. The van der Waals surface area contributed by atoms with E-state index in [0.29, 0.717) is 24.1 Å². The highest BCUT2D eigenvalue weighted by molar-refractivity contribution is 6.00. The summed E-state index contributed by atoms with van der Waals surface area (Å²) >= 11 is 0. The van der Waals surface area contributed by atoms with Gasteiger partial charge >= 0.3 is 6.18 Å². The molecule has 2 aliphatic heterocycles. The predicted molar refractivity (Wildman–Crippen MR) is 113 cm³/mol. The van der Waals surface area contributed by atoms with Crippen molar-refractivity contribution in [2.75, 3.05) is 6.54 Å². The Morgan fingerprint density at radius 1 is 1.00 bits per heavy atom. The number of fused-ring (bicyclic) bond motifs is 3. The van der Waals surface area contributed by atoms with Gasteiger partial charge in [0.25, 0.3) is 5.91 Å². The minimum absolute atomic E-state index is 0.0954. The first-order valence-corrected chi connectivity index (χ1v) is 10.9. The third-order valence-electron chi connectivity index (χ3n) is 6.34. The number of halogens is 4. The number of aromatic nitrogens is 3. The fourth-order valence-electron chi connectivity index (χ4n) is 4.74. The lowest BCUT2D eigenvalue weighted by Crippen LogP contribution is -2.59. The van der Waals surface area contributed by atoms with Gasteiger partial charge in [-0.3, -0.25) is 4.79 Å². The maximum Gasteiger partial charge on any atom is 0.417 e. The molecule has 0 N–H and O–H groups in total. The van der Waals surface area contributed by atoms with Gasteiger partial charge in [0.05, 0.1) is 29.6 Å². The lowest BCUT2D eigenvalue weighted by Gasteiger charge is -2.49. The summed E-state index contributed by atoms with van der Waals surface area (Å²) < 4.78 is 57.7. The molecule has 3 aliphatic rings. The van der Waals surface area contributed by atoms with E-state index in [2.05, 4.69) is 15.0 Å². The Morgan fingerprint density at radius 3 is 2.44 bits per heavy atom. The molecule has 6 nitrogen and oxygen atoms in total. The van der Waals surface area contributed by atoms with Gasteiger partial charge in [-0.25, -0.2) is 19.3 Å². The first-order chi connectivity index (χ1) is 16.3. The van der Waals surface area contributed by atoms with Crippen LogP contribution in [0.4, 0.5) is 17.6 Å². The number of hydrogen-bond donors (Lipinski definition) is 0. The summed E-state index contributed by atoms with van der Waals surface area (Å²) in [6, 6.07) is 8.78. The molecular weight excluding hydrogens is 452 g/mol. The van der Waals surface area contributed by atoms with Crippen molar-refractivity contribution in [2.45, 2.75) is 37.6 Å². The molecule has 4 heterocycles. The minimum Gasteiger partial charge on any atom is -0.472 e. The number of nitrogens with zero attached hydrogens (tertiary/aromatic N) is 4. The normalized spacial score (nSPS) is 22.0. The van der Waals surface area contributed by atoms with Crippen LogP contribution in [-0.4, -0.2) is 44.4 Å². The SMILES string of the molecule is O=C(c1ccccc1-c1ncc(F)cn1)N1CC2CC[C@@H]1C(Oc1ccc(C(F)(F)F)cn1)C2. The average Bonchev–Trinajstić information content (AvgIpc) is 2.84. The highest BCUT2D eigenvalue weighted by Gasteiger charge is 2.45. The van der Waals surface area contributed by atoms with Crippen LogP contribution >= 0.6 is 0 Å². The summed E-state index contributed by atoms with van der Waals surface area (Å²) in [7, 11) is 0. The molecule has 0 spiro atoms. The monoisotopic (exact) mass is 472 g/mol. The number of rotatable bonds is 4. The average molecular weight is 472 g/mol. The third-order valence-corrected chi connectivity index (χ3v) is 6.34. The number of alkyl halides is 3. The molecule has 10 heteroatoms. The van der Waals surface area contributed by atoms with Crippen LogP contribution < -0.4 is 4.74 Å². The molecule has 3 aromatic rings. The van der Waals surface area contributed by atoms with Gasteiger partial charge < -0.3 is 9.64 Å². The largest absolute Gasteiger partial charge is 0.472 e. The zero-order valence-corrected chi connectivity index (χ0v) is 17.9. The van der Waals surface area contributed by atoms with Crippen LogP contribution in [0.1, 0.15) is 35.2 Å². The van der Waals surface area contributed by atoms with Gasteiger partial charge in [0.15, 0.2) is 11.6 Å². The van der Waals surface area contributed by atoms with Gasteiger partial charge in [-0.1, -0.05) is 18.2 Å². The van der Waals surface area contributed by atoms with Crippen molar-refractivity contribution in [3.8, 4) is 17.3 Å². The number of carbonyl (C=O) groups is 1. The Kier molecular flexibility index (Phi) is 5.66. The molecule has 3 atom stereocenters. The molecule has 3 fully saturated rings. The molecule has 1 saturated carbocycles. The zero-order valence-electron chi connectivity index (χ0n) is 17.9. The standard InChI is InChI=1S/C24H20F4N4O2/c25-16-11-30-22(31-12-16)17-3-1-2-4-18(17)23(33)32-13-14-5-7-19(32)20(9-14)34-21-8-6-15(10-29-21)24(26,27)28/h1-4,6,8,10-12,14,19-20H,5,7,9,13H2/t14?,19-,20?/m1/s1. The number of ether oxygens (including phenoxy) is 1. The van der Waals surface area contributed by atoms with E-state index in [1.807, 2.05) is 0 Å². The van der Waals surface area contributed by atoms with Crippen LogP contribution in [0.2, 0.25) is 0 Å². The first-order valence-electron chi connectivity index (χ1n) is 10.9. The second-order valence-corrected chi connectivity index (χ2v) is 8.51. The van der Waals surface area contributed by atoms with Crippen molar-refractivity contribution in [2.24, 2.45) is 5.92 Å². The Balaban J connectivity index is 1.38. The second kappa shape index (κ2) is 8.66. The van der Waals surface area contributed by atoms with Gasteiger partial charge in [0.2, 0.25) is 5.88 Å². The van der Waals surface area contributed by atoms with Crippen molar-refractivity contribution in [3.05, 3.63) is 71.9 Å². The number of carbonyl (C=O) groups excluding carboxylic acids is 1. The van der Waals surface area contributed by atoms with Crippen LogP contribution in [0.25, 0.3) is 11.4 Å². The van der Waals surface area contributed by atoms with Crippen molar-refractivity contribution < 1.29 is 27.1 Å². The Labute approximate surface area is 192 Å². The topological polar surface area (TPSA) is 68.2 Å². The minimum atomic E-state index is -4.47. The first kappa shape index (κ1) is 22.2.